The van der Waals surface area contributed by atoms with Crippen LogP contribution < -0.4 is 10.6 Å². The Morgan fingerprint density at radius 3 is 2.39 bits per heavy atom. The van der Waals surface area contributed by atoms with Gasteiger partial charge < -0.3 is 10.6 Å². The number of anilines is 1. The van der Waals surface area contributed by atoms with Crippen molar-refractivity contribution in [3.63, 3.8) is 0 Å². The zero-order valence-electron chi connectivity index (χ0n) is 12.8. The van der Waals surface area contributed by atoms with Crippen molar-refractivity contribution in [1.82, 2.24) is 0 Å². The number of quaternary nitrogens is 1. The third kappa shape index (κ3) is 4.32. The SMILES string of the molecule is C[C@H]([NH2+][C@H](C)c1ccc(F)cc1F)C(=O)Nc1ccccc1F. The molecule has 0 aromatic heterocycles. The maximum absolute atomic E-state index is 13.7. The average Bonchev–Trinajstić information content (AvgIpc) is 2.49. The number of halogens is 3. The van der Waals surface area contributed by atoms with E-state index in [0.29, 0.717) is 5.56 Å². The zero-order chi connectivity index (χ0) is 17.0. The van der Waals surface area contributed by atoms with E-state index in [4.69, 9.17) is 0 Å². The second-order valence-electron chi connectivity index (χ2n) is 5.40. The first-order valence-electron chi connectivity index (χ1n) is 7.24. The summed E-state index contributed by atoms with van der Waals surface area (Å²) in [5.41, 5.74) is 0.398. The largest absolute Gasteiger partial charge is 0.330 e. The van der Waals surface area contributed by atoms with Crippen molar-refractivity contribution in [2.45, 2.75) is 25.9 Å². The molecule has 3 N–H and O–H groups in total. The number of carbonyl (C=O) groups excluding carboxylic acids is 1. The summed E-state index contributed by atoms with van der Waals surface area (Å²) in [5, 5.41) is 4.12. The third-order valence-electron chi connectivity index (χ3n) is 3.58. The van der Waals surface area contributed by atoms with Crippen LogP contribution in [0.25, 0.3) is 0 Å². The molecule has 2 atom stereocenters. The van der Waals surface area contributed by atoms with Crippen molar-refractivity contribution < 1.29 is 23.3 Å². The summed E-state index contributed by atoms with van der Waals surface area (Å²) in [6.07, 6.45) is 0. The Morgan fingerprint density at radius 1 is 1.04 bits per heavy atom. The molecule has 2 aromatic carbocycles. The van der Waals surface area contributed by atoms with Gasteiger partial charge in [0.25, 0.3) is 5.91 Å². The maximum atomic E-state index is 13.7. The van der Waals surface area contributed by atoms with E-state index in [2.05, 4.69) is 5.32 Å². The maximum Gasteiger partial charge on any atom is 0.282 e. The van der Waals surface area contributed by atoms with Gasteiger partial charge in [-0.05, 0) is 38.1 Å². The van der Waals surface area contributed by atoms with E-state index in [0.717, 1.165) is 6.07 Å². The number of nitrogens with two attached hydrogens (primary N) is 1. The van der Waals surface area contributed by atoms with Gasteiger partial charge in [0, 0.05) is 11.6 Å². The van der Waals surface area contributed by atoms with E-state index in [1.807, 2.05) is 0 Å². The van der Waals surface area contributed by atoms with Crippen LogP contribution in [0.15, 0.2) is 42.5 Å². The van der Waals surface area contributed by atoms with Gasteiger partial charge in [-0.2, -0.15) is 0 Å². The van der Waals surface area contributed by atoms with Gasteiger partial charge in [0.2, 0.25) is 0 Å². The molecule has 3 nitrogen and oxygen atoms in total. The van der Waals surface area contributed by atoms with Crippen LogP contribution in [0.5, 0.6) is 0 Å². The number of para-hydroxylation sites is 1. The van der Waals surface area contributed by atoms with E-state index in [1.54, 1.807) is 25.2 Å². The van der Waals surface area contributed by atoms with Gasteiger partial charge in [-0.1, -0.05) is 12.1 Å². The lowest BCUT2D eigenvalue weighted by molar-refractivity contribution is -0.710. The van der Waals surface area contributed by atoms with Crippen molar-refractivity contribution in [1.29, 1.82) is 0 Å². The number of hydrogen-bond acceptors (Lipinski definition) is 1. The van der Waals surface area contributed by atoms with Crippen molar-refractivity contribution in [3.05, 3.63) is 65.5 Å². The molecule has 0 unspecified atom stereocenters. The average molecular weight is 323 g/mol. The predicted octanol–water partition coefficient (Wildman–Crippen LogP) is 2.76. The Bertz CT molecular complexity index is 706. The topological polar surface area (TPSA) is 45.7 Å². The fourth-order valence-electron chi connectivity index (χ4n) is 2.30. The highest BCUT2D eigenvalue weighted by Gasteiger charge is 2.23. The van der Waals surface area contributed by atoms with E-state index in [-0.39, 0.29) is 5.69 Å². The lowest BCUT2D eigenvalue weighted by Crippen LogP contribution is -2.91. The minimum atomic E-state index is -0.657. The molecule has 0 saturated carbocycles. The van der Waals surface area contributed by atoms with Crippen LogP contribution in [0.2, 0.25) is 0 Å². The first-order chi connectivity index (χ1) is 10.9. The molecule has 0 aliphatic carbocycles. The molecular weight excluding hydrogens is 305 g/mol. The lowest BCUT2D eigenvalue weighted by Gasteiger charge is -2.17. The summed E-state index contributed by atoms with van der Waals surface area (Å²) in [5.74, 6) is -2.23. The summed E-state index contributed by atoms with van der Waals surface area (Å²) in [7, 11) is 0. The second-order valence-corrected chi connectivity index (χ2v) is 5.40. The van der Waals surface area contributed by atoms with Crippen molar-refractivity contribution in [2.75, 3.05) is 5.32 Å². The van der Waals surface area contributed by atoms with Gasteiger partial charge in [-0.3, -0.25) is 4.79 Å². The van der Waals surface area contributed by atoms with Gasteiger partial charge in [0.1, 0.15) is 23.5 Å². The first kappa shape index (κ1) is 17.0. The number of benzene rings is 2. The second kappa shape index (κ2) is 7.28. The molecule has 122 valence electrons. The lowest BCUT2D eigenvalue weighted by atomic mass is 10.1. The minimum absolute atomic E-state index is 0.0957. The standard InChI is InChI=1S/C17H17F3N2O/c1-10(13-8-7-12(18)9-15(13)20)21-11(2)17(23)22-16-6-4-3-5-14(16)19/h3-11,21H,1-2H3,(H,22,23)/p+1/t10-,11+/m1/s1. The van der Waals surface area contributed by atoms with Gasteiger partial charge in [-0.15, -0.1) is 0 Å². The smallest absolute Gasteiger partial charge is 0.282 e. The van der Waals surface area contributed by atoms with Gasteiger partial charge >= 0.3 is 0 Å². The van der Waals surface area contributed by atoms with Crippen LogP contribution in [0.4, 0.5) is 18.9 Å². The highest BCUT2D eigenvalue weighted by Crippen LogP contribution is 2.15. The molecule has 2 aromatic rings. The Labute approximate surface area is 132 Å². The number of hydrogen-bond donors (Lipinski definition) is 2. The van der Waals surface area contributed by atoms with Crippen LogP contribution in [0.3, 0.4) is 0 Å². The Balaban J connectivity index is 2.01. The van der Waals surface area contributed by atoms with E-state index >= 15 is 0 Å². The summed E-state index contributed by atoms with van der Waals surface area (Å²) >= 11 is 0. The molecule has 0 bridgehead atoms. The normalized spacial score (nSPS) is 13.4. The van der Waals surface area contributed by atoms with Crippen LogP contribution >= 0.6 is 0 Å². The molecule has 1 amide bonds. The van der Waals surface area contributed by atoms with Crippen molar-refractivity contribution in [2.24, 2.45) is 0 Å². The molecule has 0 saturated heterocycles. The molecule has 6 heteroatoms. The molecule has 0 aliphatic rings. The van der Waals surface area contributed by atoms with E-state index in [9.17, 15) is 18.0 Å². The van der Waals surface area contributed by atoms with Gasteiger partial charge in [0.15, 0.2) is 6.04 Å². The fourth-order valence-corrected chi connectivity index (χ4v) is 2.30. The summed E-state index contributed by atoms with van der Waals surface area (Å²) in [6, 6.07) is 8.22. The number of nitrogens with one attached hydrogen (secondary N) is 1. The van der Waals surface area contributed by atoms with E-state index in [1.165, 1.54) is 30.3 Å². The Morgan fingerprint density at radius 2 is 1.74 bits per heavy atom. The predicted molar refractivity (Wildman–Crippen MR) is 81.2 cm³/mol. The zero-order valence-corrected chi connectivity index (χ0v) is 12.8. The van der Waals surface area contributed by atoms with Gasteiger partial charge in [-0.25, -0.2) is 13.2 Å². The highest BCUT2D eigenvalue weighted by atomic mass is 19.1. The molecule has 0 radical (unpaired) electrons. The third-order valence-corrected chi connectivity index (χ3v) is 3.58. The fraction of sp³-hybridized carbons (Fsp3) is 0.235. The van der Waals surface area contributed by atoms with Crippen molar-refractivity contribution in [3.8, 4) is 0 Å². The number of carbonyl (C=O) groups is 1. The number of rotatable bonds is 5. The van der Waals surface area contributed by atoms with Crippen LogP contribution in [-0.4, -0.2) is 11.9 Å². The Hall–Kier alpha value is -2.34. The van der Waals surface area contributed by atoms with Crippen LogP contribution in [0.1, 0.15) is 25.5 Å². The summed E-state index contributed by atoms with van der Waals surface area (Å²) < 4.78 is 40.2. The number of amides is 1. The highest BCUT2D eigenvalue weighted by molar-refractivity contribution is 5.93. The van der Waals surface area contributed by atoms with Gasteiger partial charge in [0.05, 0.1) is 5.69 Å². The van der Waals surface area contributed by atoms with Crippen LogP contribution in [-0.2, 0) is 4.79 Å². The molecule has 0 spiro atoms. The molecule has 2 rings (SSSR count). The minimum Gasteiger partial charge on any atom is -0.330 e. The quantitative estimate of drug-likeness (QED) is 0.873. The molecule has 0 aliphatic heterocycles. The Kier molecular flexibility index (Phi) is 5.39. The molecule has 0 fully saturated rings. The molecule has 23 heavy (non-hydrogen) atoms. The summed E-state index contributed by atoms with van der Waals surface area (Å²) in [6.45, 7) is 3.34. The molecular formula is C17H18F3N2O+. The van der Waals surface area contributed by atoms with Crippen molar-refractivity contribution >= 4 is 11.6 Å². The van der Waals surface area contributed by atoms with E-state index < -0.39 is 35.4 Å². The van der Waals surface area contributed by atoms with Crippen LogP contribution in [0, 0.1) is 17.5 Å². The monoisotopic (exact) mass is 323 g/mol. The first-order valence-corrected chi connectivity index (χ1v) is 7.24. The summed E-state index contributed by atoms with van der Waals surface area (Å²) in [4.78, 5) is 12.1. The molecule has 0 heterocycles.